The molecule has 0 atom stereocenters. The summed E-state index contributed by atoms with van der Waals surface area (Å²) >= 11 is 0. The molecule has 3 aromatic rings. The van der Waals surface area contributed by atoms with Gasteiger partial charge in [0.2, 0.25) is 0 Å². The van der Waals surface area contributed by atoms with Crippen LogP contribution < -0.4 is 10.2 Å². The Morgan fingerprint density at radius 1 is 1.03 bits per heavy atom. The third-order valence-corrected chi connectivity index (χ3v) is 6.06. The molecule has 1 heterocycles. The van der Waals surface area contributed by atoms with Crippen LogP contribution in [0.3, 0.4) is 0 Å². The first-order chi connectivity index (χ1) is 18.2. The number of benzene rings is 2. The summed E-state index contributed by atoms with van der Waals surface area (Å²) in [6.45, 7) is 9.46. The lowest BCUT2D eigenvalue weighted by atomic mass is 10.1. The molecule has 1 amide bonds. The van der Waals surface area contributed by atoms with Crippen molar-refractivity contribution in [2.24, 2.45) is 0 Å². The Hall–Kier alpha value is -4.35. The number of hydrogen-bond acceptors (Lipinski definition) is 5. The number of carbonyl (C=O) groups excluding carboxylic acids is 1. The molecule has 0 fully saturated rings. The minimum Gasteiger partial charge on any atom is -0.478 e. The number of carboxylic acid groups (broad SMARTS) is 2. The number of carbonyl (C=O) groups is 3. The van der Waals surface area contributed by atoms with Crippen molar-refractivity contribution in [3.63, 3.8) is 0 Å². The van der Waals surface area contributed by atoms with E-state index in [1.807, 2.05) is 42.6 Å². The topological polar surface area (TPSA) is 125 Å². The Morgan fingerprint density at radius 3 is 2.15 bits per heavy atom. The Labute approximate surface area is 223 Å². The first-order valence-corrected chi connectivity index (χ1v) is 12.0. The quantitative estimate of drug-likeness (QED) is 0.358. The second-order valence-corrected chi connectivity index (χ2v) is 8.75. The third kappa shape index (κ3) is 8.06. The Morgan fingerprint density at radius 2 is 1.64 bits per heavy atom. The van der Waals surface area contributed by atoms with Gasteiger partial charge >= 0.3 is 18.1 Å². The number of amides is 1. The highest BCUT2D eigenvalue weighted by atomic mass is 19.4. The van der Waals surface area contributed by atoms with Crippen LogP contribution in [-0.4, -0.2) is 57.6 Å². The summed E-state index contributed by atoms with van der Waals surface area (Å²) < 4.78 is 33.7. The summed E-state index contributed by atoms with van der Waals surface area (Å²) in [5, 5.41) is 24.3. The fourth-order valence-corrected chi connectivity index (χ4v) is 3.95. The van der Waals surface area contributed by atoms with Gasteiger partial charge in [-0.2, -0.15) is 18.3 Å². The normalized spacial score (nSPS) is 10.9. The van der Waals surface area contributed by atoms with Gasteiger partial charge in [0.25, 0.3) is 5.91 Å². The highest BCUT2D eigenvalue weighted by Gasteiger charge is 2.38. The number of aliphatic carboxylic acids is 1. The molecule has 9 nitrogen and oxygen atoms in total. The van der Waals surface area contributed by atoms with E-state index >= 15 is 0 Å². The minimum absolute atomic E-state index is 0.146. The molecule has 0 aliphatic carbocycles. The van der Waals surface area contributed by atoms with Crippen LogP contribution in [-0.2, 0) is 17.8 Å². The number of rotatable bonds is 8. The lowest BCUT2D eigenvalue weighted by molar-refractivity contribution is -0.192. The second-order valence-electron chi connectivity index (χ2n) is 8.75. The maximum Gasteiger partial charge on any atom is 0.490 e. The summed E-state index contributed by atoms with van der Waals surface area (Å²) in [6.07, 6.45) is -4.32. The molecule has 2 aromatic carbocycles. The summed E-state index contributed by atoms with van der Waals surface area (Å²) in [6, 6.07) is 12.3. The second kappa shape index (κ2) is 12.9. The average molecular weight is 549 g/mol. The molecule has 210 valence electrons. The van der Waals surface area contributed by atoms with E-state index in [2.05, 4.69) is 24.3 Å². The maximum absolute atomic E-state index is 12.6. The van der Waals surface area contributed by atoms with Gasteiger partial charge < -0.3 is 20.4 Å². The van der Waals surface area contributed by atoms with Crippen molar-refractivity contribution in [2.45, 2.75) is 46.8 Å². The number of halogens is 3. The molecule has 0 saturated heterocycles. The van der Waals surface area contributed by atoms with Crippen molar-refractivity contribution in [2.75, 3.05) is 23.8 Å². The van der Waals surface area contributed by atoms with Crippen LogP contribution in [0, 0.1) is 20.8 Å². The van der Waals surface area contributed by atoms with Crippen molar-refractivity contribution in [1.82, 2.24) is 9.78 Å². The van der Waals surface area contributed by atoms with Crippen LogP contribution >= 0.6 is 0 Å². The number of aromatic nitrogens is 2. The first-order valence-electron chi connectivity index (χ1n) is 12.0. The zero-order chi connectivity index (χ0) is 29.5. The average Bonchev–Trinajstić information content (AvgIpc) is 3.14. The lowest BCUT2D eigenvalue weighted by Gasteiger charge is -2.22. The molecule has 0 spiro atoms. The molecule has 0 unspecified atom stereocenters. The Balaban J connectivity index is 0.000000673. The molecule has 3 N–H and O–H groups in total. The number of carboxylic acids is 2. The molecule has 0 saturated carbocycles. The van der Waals surface area contributed by atoms with Crippen molar-refractivity contribution >= 4 is 29.2 Å². The van der Waals surface area contributed by atoms with Gasteiger partial charge in [0.15, 0.2) is 0 Å². The summed E-state index contributed by atoms with van der Waals surface area (Å²) in [5.41, 5.74) is 5.95. The van der Waals surface area contributed by atoms with Crippen LogP contribution in [0.2, 0.25) is 0 Å². The fourth-order valence-electron chi connectivity index (χ4n) is 3.95. The highest BCUT2D eigenvalue weighted by Crippen LogP contribution is 2.25. The van der Waals surface area contributed by atoms with Crippen LogP contribution in [0.15, 0.2) is 42.5 Å². The Bertz CT molecular complexity index is 1350. The summed E-state index contributed by atoms with van der Waals surface area (Å²) in [4.78, 5) is 35.4. The van der Waals surface area contributed by atoms with E-state index in [1.54, 1.807) is 24.3 Å². The van der Waals surface area contributed by atoms with E-state index < -0.39 is 18.1 Å². The number of hydrogen-bond donors (Lipinski definition) is 3. The molecule has 0 radical (unpaired) electrons. The number of aryl methyl sites for hydroxylation is 3. The SMILES string of the molecule is CCn1nc(C)c(CCN(C)c2ccc(NC(=O)c3ccccc3C)cc2C(=O)O)c1C.O=C(O)C(F)(F)F. The number of aromatic carboxylic acids is 1. The van der Waals surface area contributed by atoms with Crippen LogP contribution in [0.1, 0.15) is 50.2 Å². The van der Waals surface area contributed by atoms with E-state index in [9.17, 15) is 27.9 Å². The fraction of sp³-hybridized carbons (Fsp3) is 0.333. The van der Waals surface area contributed by atoms with Gasteiger partial charge in [0.1, 0.15) is 0 Å². The number of nitrogens with one attached hydrogen (secondary N) is 1. The van der Waals surface area contributed by atoms with Crippen LogP contribution in [0.5, 0.6) is 0 Å². The van der Waals surface area contributed by atoms with Gasteiger partial charge in [0, 0.05) is 37.1 Å². The van der Waals surface area contributed by atoms with Crippen LogP contribution in [0.4, 0.5) is 24.5 Å². The molecule has 12 heteroatoms. The maximum atomic E-state index is 12.6. The minimum atomic E-state index is -5.08. The molecule has 0 bridgehead atoms. The number of likely N-dealkylation sites (N-methyl/N-ethyl adjacent to an activating group) is 1. The van der Waals surface area contributed by atoms with E-state index in [0.717, 1.165) is 29.9 Å². The molecule has 1 aromatic heterocycles. The molecule has 39 heavy (non-hydrogen) atoms. The zero-order valence-corrected chi connectivity index (χ0v) is 22.3. The third-order valence-electron chi connectivity index (χ3n) is 6.06. The summed E-state index contributed by atoms with van der Waals surface area (Å²) in [5.74, 6) is -4.06. The molecule has 3 rings (SSSR count). The van der Waals surface area contributed by atoms with E-state index in [0.29, 0.717) is 23.5 Å². The monoisotopic (exact) mass is 548 g/mol. The van der Waals surface area contributed by atoms with Crippen molar-refractivity contribution in [3.05, 3.63) is 76.1 Å². The van der Waals surface area contributed by atoms with Gasteiger partial charge in [-0.3, -0.25) is 9.48 Å². The van der Waals surface area contributed by atoms with Gasteiger partial charge in [-0.1, -0.05) is 18.2 Å². The summed E-state index contributed by atoms with van der Waals surface area (Å²) in [7, 11) is 1.88. The van der Waals surface area contributed by atoms with Gasteiger partial charge in [-0.15, -0.1) is 0 Å². The smallest absolute Gasteiger partial charge is 0.478 e. The molecular weight excluding hydrogens is 517 g/mol. The Kier molecular flexibility index (Phi) is 10.2. The van der Waals surface area contributed by atoms with Crippen molar-refractivity contribution in [1.29, 1.82) is 0 Å². The van der Waals surface area contributed by atoms with E-state index in [4.69, 9.17) is 9.90 Å². The molecular formula is C27H31F3N4O5. The lowest BCUT2D eigenvalue weighted by Crippen LogP contribution is -2.23. The zero-order valence-electron chi connectivity index (χ0n) is 22.3. The van der Waals surface area contributed by atoms with Crippen LogP contribution in [0.25, 0.3) is 0 Å². The molecule has 0 aliphatic heterocycles. The predicted molar refractivity (Wildman–Crippen MR) is 141 cm³/mol. The van der Waals surface area contributed by atoms with Gasteiger partial charge in [0.05, 0.1) is 16.9 Å². The number of alkyl halides is 3. The predicted octanol–water partition coefficient (Wildman–Crippen LogP) is 5.09. The standard InChI is InChI=1S/C25H30N4O3.C2HF3O2/c1-6-29-18(4)21(17(3)27-29)13-14-28(5)23-12-11-19(15-22(23)25(31)32)26-24(30)20-10-8-7-9-16(20)2;3-2(4,5)1(6)7/h7-12,15H,6,13-14H2,1-5H3,(H,26,30)(H,31,32);(H,6,7). The number of anilines is 2. The highest BCUT2D eigenvalue weighted by molar-refractivity contribution is 6.06. The van der Waals surface area contributed by atoms with E-state index in [1.165, 1.54) is 11.6 Å². The van der Waals surface area contributed by atoms with Crippen molar-refractivity contribution < 1.29 is 37.8 Å². The number of nitrogens with zero attached hydrogens (tertiary/aromatic N) is 3. The van der Waals surface area contributed by atoms with Crippen molar-refractivity contribution in [3.8, 4) is 0 Å². The first kappa shape index (κ1) is 30.9. The van der Waals surface area contributed by atoms with Gasteiger partial charge in [-0.05, 0) is 69.5 Å². The van der Waals surface area contributed by atoms with E-state index in [-0.39, 0.29) is 11.5 Å². The largest absolute Gasteiger partial charge is 0.490 e. The van der Waals surface area contributed by atoms with Gasteiger partial charge in [-0.25, -0.2) is 9.59 Å². The molecule has 0 aliphatic rings.